The van der Waals surface area contributed by atoms with Gasteiger partial charge in [-0.05, 0) is 31.9 Å². The van der Waals surface area contributed by atoms with Crippen LogP contribution in [0.5, 0.6) is 0 Å². The summed E-state index contributed by atoms with van der Waals surface area (Å²) in [6.45, 7) is 1.94. The normalized spacial score (nSPS) is 20.4. The smallest absolute Gasteiger partial charge is 0.272 e. The van der Waals surface area contributed by atoms with Crippen molar-refractivity contribution in [1.29, 1.82) is 0 Å². The summed E-state index contributed by atoms with van der Waals surface area (Å²) in [6, 6.07) is 5.37. The molecule has 1 aromatic carbocycles. The van der Waals surface area contributed by atoms with Crippen LogP contribution in [0, 0.1) is 6.92 Å². The van der Waals surface area contributed by atoms with Crippen molar-refractivity contribution in [2.75, 3.05) is 0 Å². The molecule has 26 heavy (non-hydrogen) atoms. The number of rotatable bonds is 3. The summed E-state index contributed by atoms with van der Waals surface area (Å²) in [7, 11) is 1.95. The summed E-state index contributed by atoms with van der Waals surface area (Å²) in [4.78, 5) is 17.0. The van der Waals surface area contributed by atoms with E-state index in [-0.39, 0.29) is 5.91 Å². The van der Waals surface area contributed by atoms with Gasteiger partial charge in [-0.3, -0.25) is 9.89 Å². The van der Waals surface area contributed by atoms with E-state index in [4.69, 9.17) is 0 Å². The highest BCUT2D eigenvalue weighted by Gasteiger charge is 2.27. The van der Waals surface area contributed by atoms with Crippen LogP contribution in [0.15, 0.2) is 24.4 Å². The zero-order chi connectivity index (χ0) is 18.3. The maximum atomic E-state index is 14.0. The number of carbonyl (C=O) groups is 1. The van der Waals surface area contributed by atoms with Crippen LogP contribution in [0.25, 0.3) is 22.2 Å². The van der Waals surface area contributed by atoms with Crippen molar-refractivity contribution in [2.45, 2.75) is 44.8 Å². The molecule has 0 spiro atoms. The fourth-order valence-electron chi connectivity index (χ4n) is 3.60. The largest absolute Gasteiger partial charge is 0.345 e. The number of aromatic nitrogens is 4. The Morgan fingerprint density at radius 3 is 2.88 bits per heavy atom. The maximum Gasteiger partial charge on any atom is 0.272 e. The maximum absolute atomic E-state index is 14.0. The lowest BCUT2D eigenvalue weighted by Crippen LogP contribution is -2.43. The van der Waals surface area contributed by atoms with Gasteiger partial charge in [-0.25, -0.2) is 9.37 Å². The number of hydrogen-bond acceptors (Lipinski definition) is 3. The van der Waals surface area contributed by atoms with Crippen molar-refractivity contribution >= 4 is 16.8 Å². The molecule has 6 nitrogen and oxygen atoms in total. The van der Waals surface area contributed by atoms with Crippen LogP contribution in [0.4, 0.5) is 4.39 Å². The number of aryl methyl sites for hydroxylation is 1. The number of benzene rings is 1. The molecule has 0 unspecified atom stereocenters. The van der Waals surface area contributed by atoms with Gasteiger partial charge in [0.2, 0.25) is 0 Å². The number of nitrogens with one attached hydrogen (secondary N) is 2. The number of aromatic amines is 1. The highest BCUT2D eigenvalue weighted by atomic mass is 19.1. The number of carbonyl (C=O) groups excluding carboxylic acids is 1. The predicted molar refractivity (Wildman–Crippen MR) is 97.7 cm³/mol. The molecule has 0 radical (unpaired) electrons. The van der Waals surface area contributed by atoms with E-state index >= 15 is 0 Å². The molecule has 4 rings (SSSR count). The molecule has 1 amide bonds. The molecule has 2 heterocycles. The SMILES string of the molecule is Cc1ncc(-c2ccc3[nH]nc(C(=O)N[C@@H]4CCCC[C@H]4F)c3c2)n1C. The van der Waals surface area contributed by atoms with Gasteiger partial charge >= 0.3 is 0 Å². The van der Waals surface area contributed by atoms with Crippen LogP contribution >= 0.6 is 0 Å². The lowest BCUT2D eigenvalue weighted by molar-refractivity contribution is 0.0880. The van der Waals surface area contributed by atoms with Gasteiger partial charge in [-0.15, -0.1) is 0 Å². The summed E-state index contributed by atoms with van der Waals surface area (Å²) in [6.07, 6.45) is 3.84. The second-order valence-electron chi connectivity index (χ2n) is 6.96. The average Bonchev–Trinajstić information content (AvgIpc) is 3.20. The van der Waals surface area contributed by atoms with Gasteiger partial charge in [0.05, 0.1) is 23.4 Å². The Bertz CT molecular complexity index is 960. The van der Waals surface area contributed by atoms with Crippen LogP contribution in [-0.2, 0) is 7.05 Å². The third-order valence-electron chi connectivity index (χ3n) is 5.29. The van der Waals surface area contributed by atoms with Crippen molar-refractivity contribution in [3.63, 3.8) is 0 Å². The highest BCUT2D eigenvalue weighted by molar-refractivity contribution is 6.05. The van der Waals surface area contributed by atoms with Gasteiger partial charge in [0.25, 0.3) is 5.91 Å². The van der Waals surface area contributed by atoms with Gasteiger partial charge in [-0.1, -0.05) is 18.9 Å². The summed E-state index contributed by atoms with van der Waals surface area (Å²) in [5.41, 5.74) is 3.00. The minimum atomic E-state index is -0.981. The van der Waals surface area contributed by atoms with Gasteiger partial charge in [0.1, 0.15) is 12.0 Å². The molecule has 1 aliphatic rings. The Labute approximate surface area is 150 Å². The lowest BCUT2D eigenvalue weighted by atomic mass is 9.93. The molecule has 2 aromatic heterocycles. The number of halogens is 1. The average molecular weight is 355 g/mol. The third kappa shape index (κ3) is 2.87. The van der Waals surface area contributed by atoms with E-state index in [1.807, 2.05) is 42.9 Å². The first-order chi connectivity index (χ1) is 12.5. The van der Waals surface area contributed by atoms with Crippen molar-refractivity contribution < 1.29 is 9.18 Å². The first kappa shape index (κ1) is 16.8. The van der Waals surface area contributed by atoms with Crippen molar-refractivity contribution in [2.24, 2.45) is 7.05 Å². The highest BCUT2D eigenvalue weighted by Crippen LogP contribution is 2.26. The molecule has 136 valence electrons. The topological polar surface area (TPSA) is 75.6 Å². The monoisotopic (exact) mass is 355 g/mol. The number of fused-ring (bicyclic) bond motifs is 1. The van der Waals surface area contributed by atoms with Gasteiger partial charge in [0, 0.05) is 18.0 Å². The van der Waals surface area contributed by atoms with E-state index in [2.05, 4.69) is 20.5 Å². The standard InChI is InChI=1S/C19H22FN5O/c1-11-21-10-17(25(11)2)12-7-8-15-13(9-12)18(24-23-15)19(26)22-16-6-4-3-5-14(16)20/h7-10,14,16H,3-6H2,1-2H3,(H,22,26)(H,23,24)/t14-,16-/m1/s1. The molecule has 2 atom stereocenters. The van der Waals surface area contributed by atoms with Crippen LogP contribution in [0.3, 0.4) is 0 Å². The Kier molecular flexibility index (Phi) is 4.22. The van der Waals surface area contributed by atoms with Crippen LogP contribution in [-0.4, -0.2) is 37.9 Å². The first-order valence-corrected chi connectivity index (χ1v) is 8.96. The molecule has 1 aliphatic carbocycles. The molecular weight excluding hydrogens is 333 g/mol. The fraction of sp³-hybridized carbons (Fsp3) is 0.421. The van der Waals surface area contributed by atoms with E-state index in [0.29, 0.717) is 18.5 Å². The lowest BCUT2D eigenvalue weighted by Gasteiger charge is -2.26. The summed E-state index contributed by atoms with van der Waals surface area (Å²) in [5, 5.41) is 10.6. The third-order valence-corrected chi connectivity index (χ3v) is 5.29. The van der Waals surface area contributed by atoms with Crippen molar-refractivity contribution in [3.05, 3.63) is 35.9 Å². The fourth-order valence-corrected chi connectivity index (χ4v) is 3.60. The number of alkyl halides is 1. The van der Waals surface area contributed by atoms with Crippen LogP contribution in [0.1, 0.15) is 42.0 Å². The van der Waals surface area contributed by atoms with Gasteiger partial charge in [-0.2, -0.15) is 5.10 Å². The molecular formula is C19H22FN5O. The molecule has 7 heteroatoms. The Hall–Kier alpha value is -2.70. The quantitative estimate of drug-likeness (QED) is 0.757. The van der Waals surface area contributed by atoms with E-state index in [9.17, 15) is 9.18 Å². The molecule has 1 fully saturated rings. The Balaban J connectivity index is 1.66. The van der Waals surface area contributed by atoms with Gasteiger partial charge in [0.15, 0.2) is 5.69 Å². The minimum Gasteiger partial charge on any atom is -0.345 e. The second kappa shape index (κ2) is 6.55. The van der Waals surface area contributed by atoms with Crippen molar-refractivity contribution in [1.82, 2.24) is 25.1 Å². The number of hydrogen-bond donors (Lipinski definition) is 2. The van der Waals surface area contributed by atoms with E-state index in [1.54, 1.807) is 0 Å². The molecule has 3 aromatic rings. The second-order valence-corrected chi connectivity index (χ2v) is 6.96. The van der Waals surface area contributed by atoms with E-state index in [0.717, 1.165) is 40.8 Å². The number of H-pyrrole nitrogens is 1. The molecule has 1 saturated carbocycles. The predicted octanol–water partition coefficient (Wildman–Crippen LogP) is 3.28. The Morgan fingerprint density at radius 2 is 2.15 bits per heavy atom. The minimum absolute atomic E-state index is 0.304. The first-order valence-electron chi connectivity index (χ1n) is 8.96. The summed E-state index contributed by atoms with van der Waals surface area (Å²) >= 11 is 0. The number of amides is 1. The van der Waals surface area contributed by atoms with Crippen LogP contribution < -0.4 is 5.32 Å². The van der Waals surface area contributed by atoms with E-state index in [1.165, 1.54) is 0 Å². The van der Waals surface area contributed by atoms with E-state index < -0.39 is 12.2 Å². The molecule has 0 aliphatic heterocycles. The van der Waals surface area contributed by atoms with Crippen LogP contribution in [0.2, 0.25) is 0 Å². The van der Waals surface area contributed by atoms with Gasteiger partial charge < -0.3 is 9.88 Å². The molecule has 0 bridgehead atoms. The number of nitrogens with zero attached hydrogens (tertiary/aromatic N) is 3. The molecule has 2 N–H and O–H groups in total. The Morgan fingerprint density at radius 1 is 1.35 bits per heavy atom. The number of imidazole rings is 1. The van der Waals surface area contributed by atoms with Crippen molar-refractivity contribution in [3.8, 4) is 11.3 Å². The summed E-state index contributed by atoms with van der Waals surface area (Å²) < 4.78 is 16.0. The zero-order valence-electron chi connectivity index (χ0n) is 14.9. The molecule has 0 saturated heterocycles. The summed E-state index contributed by atoms with van der Waals surface area (Å²) in [5.74, 6) is 0.584. The zero-order valence-corrected chi connectivity index (χ0v) is 14.9.